The third kappa shape index (κ3) is 6.49. The first-order chi connectivity index (χ1) is 13.0. The zero-order valence-corrected chi connectivity index (χ0v) is 16.5. The Morgan fingerprint density at radius 3 is 2.48 bits per heavy atom. The van der Waals surface area contributed by atoms with E-state index in [1.807, 2.05) is 30.3 Å². The normalized spacial score (nSPS) is 10.1. The maximum absolute atomic E-state index is 12.7. The number of hydrogen-bond acceptors (Lipinski definition) is 3. The fraction of sp³-hybridized carbons (Fsp3) is 0.286. The summed E-state index contributed by atoms with van der Waals surface area (Å²) in [5.41, 5.74) is 2.00. The van der Waals surface area contributed by atoms with Gasteiger partial charge in [0, 0.05) is 30.4 Å². The minimum Gasteiger partial charge on any atom is -0.332 e. The summed E-state index contributed by atoms with van der Waals surface area (Å²) in [6, 6.07) is 16.5. The van der Waals surface area contributed by atoms with Crippen LogP contribution in [-0.2, 0) is 4.79 Å². The van der Waals surface area contributed by atoms with Crippen molar-refractivity contribution in [3.8, 4) is 0 Å². The Balaban J connectivity index is 1.97. The number of unbranched alkanes of at least 4 members (excludes halogenated alkanes) is 2. The highest BCUT2D eigenvalue weighted by atomic mass is 32.1. The molecule has 0 bridgehead atoms. The average Bonchev–Trinajstić information content (AvgIpc) is 2.67. The summed E-state index contributed by atoms with van der Waals surface area (Å²) in [5.74, 6) is -0.226. The molecule has 2 N–H and O–H groups in total. The summed E-state index contributed by atoms with van der Waals surface area (Å²) in [6.45, 7) is 2.09. The standard InChI is InChI=1S/C21H25N3O2S/c1-3-4-6-14-19(25)23-21(27)22-17-11-9-10-16(15-17)20(26)24(2)18-12-7-5-8-13-18/h5,7-13,15H,3-4,6,14H2,1-2H3,(H2,22,23,25,27). The van der Waals surface area contributed by atoms with Crippen molar-refractivity contribution in [3.63, 3.8) is 0 Å². The predicted octanol–water partition coefficient (Wildman–Crippen LogP) is 4.36. The zero-order valence-electron chi connectivity index (χ0n) is 15.7. The molecule has 5 nitrogen and oxygen atoms in total. The van der Waals surface area contributed by atoms with Crippen LogP contribution in [0.1, 0.15) is 43.0 Å². The largest absolute Gasteiger partial charge is 0.332 e. The van der Waals surface area contributed by atoms with Gasteiger partial charge in [0.15, 0.2) is 5.11 Å². The van der Waals surface area contributed by atoms with Crippen LogP contribution in [0.2, 0.25) is 0 Å². The summed E-state index contributed by atoms with van der Waals surface area (Å²) in [5, 5.41) is 5.87. The molecule has 0 aliphatic heterocycles. The maximum Gasteiger partial charge on any atom is 0.258 e. The number of benzene rings is 2. The molecule has 0 aromatic heterocycles. The Morgan fingerprint density at radius 1 is 1.04 bits per heavy atom. The molecule has 0 aliphatic rings. The minimum absolute atomic E-state index is 0.100. The summed E-state index contributed by atoms with van der Waals surface area (Å²) < 4.78 is 0. The van der Waals surface area contributed by atoms with Crippen LogP contribution in [0, 0.1) is 0 Å². The average molecular weight is 384 g/mol. The first-order valence-corrected chi connectivity index (χ1v) is 9.46. The molecule has 0 spiro atoms. The first-order valence-electron chi connectivity index (χ1n) is 9.05. The van der Waals surface area contributed by atoms with E-state index in [0.717, 1.165) is 24.9 Å². The number of amides is 2. The van der Waals surface area contributed by atoms with E-state index in [2.05, 4.69) is 17.6 Å². The van der Waals surface area contributed by atoms with Gasteiger partial charge >= 0.3 is 0 Å². The number of carbonyl (C=O) groups excluding carboxylic acids is 2. The summed E-state index contributed by atoms with van der Waals surface area (Å²) in [7, 11) is 1.74. The number of carbonyl (C=O) groups is 2. The van der Waals surface area contributed by atoms with E-state index in [1.54, 1.807) is 36.2 Å². The fourth-order valence-corrected chi connectivity index (χ4v) is 2.81. The van der Waals surface area contributed by atoms with Gasteiger partial charge in [0.25, 0.3) is 5.91 Å². The fourth-order valence-electron chi connectivity index (χ4n) is 2.58. The Labute approximate surface area is 165 Å². The van der Waals surface area contributed by atoms with Crippen LogP contribution in [0.4, 0.5) is 11.4 Å². The lowest BCUT2D eigenvalue weighted by Gasteiger charge is -2.18. The second-order valence-electron chi connectivity index (χ2n) is 6.24. The van der Waals surface area contributed by atoms with Crippen molar-refractivity contribution in [3.05, 3.63) is 60.2 Å². The van der Waals surface area contributed by atoms with Crippen molar-refractivity contribution in [1.29, 1.82) is 0 Å². The Kier molecular flexibility index (Phi) is 7.95. The molecular formula is C21H25N3O2S. The molecule has 0 atom stereocenters. The summed E-state index contributed by atoms with van der Waals surface area (Å²) >= 11 is 5.19. The Bertz CT molecular complexity index is 793. The molecule has 0 saturated carbocycles. The minimum atomic E-state index is -0.126. The zero-order chi connectivity index (χ0) is 19.6. The number of nitrogens with zero attached hydrogens (tertiary/aromatic N) is 1. The van der Waals surface area contributed by atoms with E-state index in [-0.39, 0.29) is 16.9 Å². The van der Waals surface area contributed by atoms with E-state index in [1.165, 1.54) is 0 Å². The lowest BCUT2D eigenvalue weighted by atomic mass is 10.1. The van der Waals surface area contributed by atoms with Gasteiger partial charge in [-0.25, -0.2) is 0 Å². The molecular weight excluding hydrogens is 358 g/mol. The predicted molar refractivity (Wildman–Crippen MR) is 114 cm³/mol. The third-order valence-corrected chi connectivity index (χ3v) is 4.28. The third-order valence-electron chi connectivity index (χ3n) is 4.08. The van der Waals surface area contributed by atoms with Gasteiger partial charge in [-0.05, 0) is 49.0 Å². The van der Waals surface area contributed by atoms with Crippen LogP contribution in [0.3, 0.4) is 0 Å². The van der Waals surface area contributed by atoms with Gasteiger partial charge in [-0.3, -0.25) is 9.59 Å². The molecule has 0 saturated heterocycles. The van der Waals surface area contributed by atoms with Gasteiger partial charge in [0.2, 0.25) is 5.91 Å². The number of para-hydroxylation sites is 1. The van der Waals surface area contributed by atoms with Gasteiger partial charge in [-0.15, -0.1) is 0 Å². The van der Waals surface area contributed by atoms with Gasteiger partial charge in [0.05, 0.1) is 0 Å². The monoisotopic (exact) mass is 383 g/mol. The molecule has 0 fully saturated rings. The van der Waals surface area contributed by atoms with Crippen molar-refractivity contribution in [2.45, 2.75) is 32.6 Å². The summed E-state index contributed by atoms with van der Waals surface area (Å²) in [4.78, 5) is 26.1. The van der Waals surface area contributed by atoms with E-state index in [9.17, 15) is 9.59 Å². The molecule has 2 aromatic carbocycles. The highest BCUT2D eigenvalue weighted by molar-refractivity contribution is 7.80. The number of thiocarbonyl (C=S) groups is 1. The van der Waals surface area contributed by atoms with E-state index < -0.39 is 0 Å². The topological polar surface area (TPSA) is 61.4 Å². The number of anilines is 2. The van der Waals surface area contributed by atoms with Crippen LogP contribution in [0.5, 0.6) is 0 Å². The van der Waals surface area contributed by atoms with Crippen molar-refractivity contribution in [2.24, 2.45) is 0 Å². The number of nitrogens with one attached hydrogen (secondary N) is 2. The highest BCUT2D eigenvalue weighted by Gasteiger charge is 2.14. The molecule has 0 heterocycles. The maximum atomic E-state index is 12.7. The second kappa shape index (κ2) is 10.4. The second-order valence-corrected chi connectivity index (χ2v) is 6.65. The van der Waals surface area contributed by atoms with Crippen molar-refractivity contribution in [2.75, 3.05) is 17.3 Å². The molecule has 142 valence electrons. The lowest BCUT2D eigenvalue weighted by molar-refractivity contribution is -0.119. The van der Waals surface area contributed by atoms with Crippen molar-refractivity contribution < 1.29 is 9.59 Å². The van der Waals surface area contributed by atoms with Gasteiger partial charge in [-0.1, -0.05) is 44.0 Å². The molecule has 0 radical (unpaired) electrons. The Hall–Kier alpha value is -2.73. The van der Waals surface area contributed by atoms with Crippen LogP contribution in [-0.4, -0.2) is 24.0 Å². The SMILES string of the molecule is CCCCCC(=O)NC(=S)Nc1cccc(C(=O)N(C)c2ccccc2)c1. The molecule has 0 aliphatic carbocycles. The van der Waals surface area contributed by atoms with Crippen LogP contribution in [0.15, 0.2) is 54.6 Å². The van der Waals surface area contributed by atoms with Gasteiger partial charge < -0.3 is 15.5 Å². The molecule has 27 heavy (non-hydrogen) atoms. The van der Waals surface area contributed by atoms with Crippen molar-refractivity contribution in [1.82, 2.24) is 5.32 Å². The smallest absolute Gasteiger partial charge is 0.258 e. The van der Waals surface area contributed by atoms with Crippen LogP contribution >= 0.6 is 12.2 Å². The van der Waals surface area contributed by atoms with E-state index in [0.29, 0.717) is 17.7 Å². The quantitative estimate of drug-likeness (QED) is 0.551. The lowest BCUT2D eigenvalue weighted by Crippen LogP contribution is -2.34. The number of hydrogen-bond donors (Lipinski definition) is 2. The van der Waals surface area contributed by atoms with E-state index in [4.69, 9.17) is 12.2 Å². The Morgan fingerprint density at radius 2 is 1.78 bits per heavy atom. The van der Waals surface area contributed by atoms with Gasteiger partial charge in [-0.2, -0.15) is 0 Å². The van der Waals surface area contributed by atoms with Gasteiger partial charge in [0.1, 0.15) is 0 Å². The van der Waals surface area contributed by atoms with Crippen LogP contribution in [0.25, 0.3) is 0 Å². The van der Waals surface area contributed by atoms with Crippen LogP contribution < -0.4 is 15.5 Å². The molecule has 2 rings (SSSR count). The molecule has 2 amide bonds. The highest BCUT2D eigenvalue weighted by Crippen LogP contribution is 2.17. The van der Waals surface area contributed by atoms with Crippen molar-refractivity contribution >= 4 is 40.5 Å². The van der Waals surface area contributed by atoms with E-state index >= 15 is 0 Å². The molecule has 0 unspecified atom stereocenters. The molecule has 6 heteroatoms. The number of rotatable bonds is 7. The molecule has 2 aromatic rings. The first kappa shape index (κ1) is 20.6. The summed E-state index contributed by atoms with van der Waals surface area (Å²) in [6.07, 6.45) is 3.39.